The average Bonchev–Trinajstić information content (AvgIpc) is 2.55. The third-order valence-electron chi connectivity index (χ3n) is 3.37. The predicted molar refractivity (Wildman–Crippen MR) is 89.3 cm³/mol. The van der Waals surface area contributed by atoms with Crippen LogP contribution >= 0.6 is 11.6 Å². The van der Waals surface area contributed by atoms with Crippen molar-refractivity contribution in [2.24, 2.45) is 0 Å². The fourth-order valence-electron chi connectivity index (χ4n) is 2.06. The minimum absolute atomic E-state index is 0.173. The van der Waals surface area contributed by atoms with Gasteiger partial charge in [0.15, 0.2) is 6.10 Å². The molecule has 0 radical (unpaired) electrons. The highest BCUT2D eigenvalue weighted by Gasteiger charge is 2.17. The molecule has 2 aromatic rings. The van der Waals surface area contributed by atoms with E-state index < -0.39 is 6.10 Å². The van der Waals surface area contributed by atoms with Gasteiger partial charge < -0.3 is 10.1 Å². The predicted octanol–water partition coefficient (Wildman–Crippen LogP) is 3.86. The van der Waals surface area contributed by atoms with Crippen LogP contribution in [0.15, 0.2) is 48.5 Å². The van der Waals surface area contributed by atoms with Gasteiger partial charge in [0.05, 0.1) is 17.7 Å². The van der Waals surface area contributed by atoms with Crippen molar-refractivity contribution in [1.82, 2.24) is 5.32 Å². The zero-order valence-corrected chi connectivity index (χ0v) is 13.7. The van der Waals surface area contributed by atoms with E-state index in [-0.39, 0.29) is 11.9 Å². The summed E-state index contributed by atoms with van der Waals surface area (Å²) >= 11 is 5.96. The first-order valence-corrected chi connectivity index (χ1v) is 7.60. The quantitative estimate of drug-likeness (QED) is 0.906. The molecule has 4 nitrogen and oxygen atoms in total. The van der Waals surface area contributed by atoms with Crippen LogP contribution in [0.25, 0.3) is 0 Å². The summed E-state index contributed by atoms with van der Waals surface area (Å²) in [5.41, 5.74) is 1.47. The van der Waals surface area contributed by atoms with Gasteiger partial charge in [0.25, 0.3) is 5.91 Å². The van der Waals surface area contributed by atoms with Crippen LogP contribution < -0.4 is 10.1 Å². The van der Waals surface area contributed by atoms with Crippen molar-refractivity contribution in [3.8, 4) is 11.8 Å². The second-order valence-corrected chi connectivity index (χ2v) is 5.62. The lowest BCUT2D eigenvalue weighted by molar-refractivity contribution is -0.127. The molecule has 0 heterocycles. The Morgan fingerprint density at radius 3 is 2.52 bits per heavy atom. The summed E-state index contributed by atoms with van der Waals surface area (Å²) < 4.78 is 5.59. The van der Waals surface area contributed by atoms with E-state index in [0.29, 0.717) is 16.3 Å². The number of amides is 1. The normalized spacial score (nSPS) is 12.8. The molecule has 2 unspecified atom stereocenters. The molecule has 2 aromatic carbocycles. The number of hydrogen-bond donors (Lipinski definition) is 1. The highest BCUT2D eigenvalue weighted by Crippen LogP contribution is 2.18. The van der Waals surface area contributed by atoms with Gasteiger partial charge in [-0.05, 0) is 55.8 Å². The molecule has 118 valence electrons. The summed E-state index contributed by atoms with van der Waals surface area (Å²) in [6.45, 7) is 3.57. The first-order chi connectivity index (χ1) is 11.0. The van der Waals surface area contributed by atoms with Crippen LogP contribution in [0.5, 0.6) is 5.75 Å². The molecule has 1 N–H and O–H groups in total. The monoisotopic (exact) mass is 328 g/mol. The van der Waals surface area contributed by atoms with E-state index in [2.05, 4.69) is 5.32 Å². The topological polar surface area (TPSA) is 62.1 Å². The molecule has 0 aliphatic rings. The number of nitriles is 1. The standard InChI is InChI=1S/C18H17ClN2O2/c1-12(15-4-3-5-16(19)10-15)21-18(22)13(2)23-17-8-6-14(11-20)7-9-17/h3-10,12-13H,1-2H3,(H,21,22). The molecule has 1 amide bonds. The summed E-state index contributed by atoms with van der Waals surface area (Å²) in [5.74, 6) is 0.323. The lowest BCUT2D eigenvalue weighted by Crippen LogP contribution is -2.37. The van der Waals surface area contributed by atoms with Crippen LogP contribution in [-0.2, 0) is 4.79 Å². The van der Waals surface area contributed by atoms with E-state index in [4.69, 9.17) is 21.6 Å². The second-order valence-electron chi connectivity index (χ2n) is 5.18. The Morgan fingerprint density at radius 2 is 1.91 bits per heavy atom. The molecule has 0 aliphatic heterocycles. The Hall–Kier alpha value is -2.51. The van der Waals surface area contributed by atoms with E-state index in [1.54, 1.807) is 37.3 Å². The number of nitrogens with one attached hydrogen (secondary N) is 1. The van der Waals surface area contributed by atoms with Crippen molar-refractivity contribution in [2.75, 3.05) is 0 Å². The number of rotatable bonds is 5. The van der Waals surface area contributed by atoms with Gasteiger partial charge in [-0.3, -0.25) is 4.79 Å². The number of carbonyl (C=O) groups excluding carboxylic acids is 1. The Kier molecular flexibility index (Phi) is 5.61. The number of carbonyl (C=O) groups is 1. The lowest BCUT2D eigenvalue weighted by atomic mass is 10.1. The second kappa shape index (κ2) is 7.66. The van der Waals surface area contributed by atoms with Gasteiger partial charge in [-0.2, -0.15) is 5.26 Å². The number of nitrogens with zero attached hydrogens (tertiary/aromatic N) is 1. The van der Waals surface area contributed by atoms with E-state index in [1.807, 2.05) is 31.2 Å². The molecule has 0 fully saturated rings. The van der Waals surface area contributed by atoms with Gasteiger partial charge in [0, 0.05) is 5.02 Å². The van der Waals surface area contributed by atoms with Crippen molar-refractivity contribution >= 4 is 17.5 Å². The van der Waals surface area contributed by atoms with E-state index in [9.17, 15) is 4.79 Å². The maximum atomic E-state index is 12.2. The first kappa shape index (κ1) is 16.9. The molecule has 0 spiro atoms. The number of ether oxygens (including phenoxy) is 1. The Bertz CT molecular complexity index is 723. The summed E-state index contributed by atoms with van der Waals surface area (Å²) in [6, 6.07) is 15.8. The lowest BCUT2D eigenvalue weighted by Gasteiger charge is -2.19. The molecule has 0 bridgehead atoms. The molecule has 0 saturated carbocycles. The maximum absolute atomic E-state index is 12.2. The Labute approximate surface area is 140 Å². The molecule has 5 heteroatoms. The third kappa shape index (κ3) is 4.73. The van der Waals surface area contributed by atoms with Gasteiger partial charge in [0.1, 0.15) is 5.75 Å². The fraction of sp³-hybridized carbons (Fsp3) is 0.222. The molecule has 0 aliphatic carbocycles. The van der Waals surface area contributed by atoms with Crippen LogP contribution in [0.1, 0.15) is 31.0 Å². The number of hydrogen-bond acceptors (Lipinski definition) is 3. The zero-order valence-electron chi connectivity index (χ0n) is 12.9. The van der Waals surface area contributed by atoms with Crippen LogP contribution in [0.4, 0.5) is 0 Å². The van der Waals surface area contributed by atoms with Gasteiger partial charge in [0.2, 0.25) is 0 Å². The van der Waals surface area contributed by atoms with E-state index in [0.717, 1.165) is 5.56 Å². The zero-order chi connectivity index (χ0) is 16.8. The summed E-state index contributed by atoms with van der Waals surface area (Å²) in [7, 11) is 0. The number of benzene rings is 2. The Balaban J connectivity index is 1.95. The van der Waals surface area contributed by atoms with Crippen molar-refractivity contribution in [1.29, 1.82) is 5.26 Å². The summed E-state index contributed by atoms with van der Waals surface area (Å²) in [6.07, 6.45) is -0.649. The molecule has 0 saturated heterocycles. The molecule has 2 atom stereocenters. The van der Waals surface area contributed by atoms with Gasteiger partial charge >= 0.3 is 0 Å². The first-order valence-electron chi connectivity index (χ1n) is 7.22. The smallest absolute Gasteiger partial charge is 0.261 e. The average molecular weight is 329 g/mol. The van der Waals surface area contributed by atoms with Crippen molar-refractivity contribution in [3.63, 3.8) is 0 Å². The molecule has 0 aromatic heterocycles. The van der Waals surface area contributed by atoms with Crippen LogP contribution in [0, 0.1) is 11.3 Å². The molecular formula is C18H17ClN2O2. The summed E-state index contributed by atoms with van der Waals surface area (Å²) in [5, 5.41) is 12.3. The molecule has 2 rings (SSSR count). The summed E-state index contributed by atoms with van der Waals surface area (Å²) in [4.78, 5) is 12.2. The van der Waals surface area contributed by atoms with Crippen LogP contribution in [-0.4, -0.2) is 12.0 Å². The van der Waals surface area contributed by atoms with Crippen molar-refractivity contribution in [2.45, 2.75) is 26.0 Å². The SMILES string of the molecule is CC(Oc1ccc(C#N)cc1)C(=O)NC(C)c1cccc(Cl)c1. The third-order valence-corrected chi connectivity index (χ3v) is 3.61. The van der Waals surface area contributed by atoms with Crippen LogP contribution in [0.2, 0.25) is 5.02 Å². The van der Waals surface area contributed by atoms with E-state index in [1.165, 1.54) is 0 Å². The minimum Gasteiger partial charge on any atom is -0.481 e. The van der Waals surface area contributed by atoms with Gasteiger partial charge in [-0.25, -0.2) is 0 Å². The van der Waals surface area contributed by atoms with E-state index >= 15 is 0 Å². The highest BCUT2D eigenvalue weighted by molar-refractivity contribution is 6.30. The minimum atomic E-state index is -0.649. The molecule has 23 heavy (non-hydrogen) atoms. The molecular weight excluding hydrogens is 312 g/mol. The van der Waals surface area contributed by atoms with Crippen molar-refractivity contribution in [3.05, 3.63) is 64.7 Å². The maximum Gasteiger partial charge on any atom is 0.261 e. The van der Waals surface area contributed by atoms with Crippen molar-refractivity contribution < 1.29 is 9.53 Å². The number of halogens is 1. The highest BCUT2D eigenvalue weighted by atomic mass is 35.5. The van der Waals surface area contributed by atoms with Gasteiger partial charge in [-0.1, -0.05) is 23.7 Å². The fourth-order valence-corrected chi connectivity index (χ4v) is 2.25. The Morgan fingerprint density at radius 1 is 1.22 bits per heavy atom. The van der Waals surface area contributed by atoms with Crippen LogP contribution in [0.3, 0.4) is 0 Å². The van der Waals surface area contributed by atoms with Gasteiger partial charge in [-0.15, -0.1) is 0 Å². The largest absolute Gasteiger partial charge is 0.481 e.